The number of fused-ring (bicyclic) bond motifs is 1. The molecule has 9 heteroatoms. The van der Waals surface area contributed by atoms with Gasteiger partial charge in [0.05, 0.1) is 23.5 Å². The van der Waals surface area contributed by atoms with Crippen molar-refractivity contribution in [1.82, 2.24) is 20.2 Å². The third-order valence-electron chi connectivity index (χ3n) is 5.90. The summed E-state index contributed by atoms with van der Waals surface area (Å²) >= 11 is 1.40. The second kappa shape index (κ2) is 10.2. The summed E-state index contributed by atoms with van der Waals surface area (Å²) in [6.07, 6.45) is 5.86. The van der Waals surface area contributed by atoms with E-state index in [-0.39, 0.29) is 11.9 Å². The number of nitrogens with one attached hydrogen (secondary N) is 2. The highest BCUT2D eigenvalue weighted by Crippen LogP contribution is 2.31. The number of carbonyl (C=O) groups is 2. The van der Waals surface area contributed by atoms with Crippen LogP contribution in [0.5, 0.6) is 5.75 Å². The second-order valence-electron chi connectivity index (χ2n) is 8.49. The molecule has 1 saturated heterocycles. The van der Waals surface area contributed by atoms with Gasteiger partial charge in [0.25, 0.3) is 0 Å². The quantitative estimate of drug-likeness (QED) is 0.532. The number of benzene rings is 1. The summed E-state index contributed by atoms with van der Waals surface area (Å²) in [5, 5.41) is 6.06. The molecule has 33 heavy (non-hydrogen) atoms. The summed E-state index contributed by atoms with van der Waals surface area (Å²) in [4.78, 5) is 35.5. The van der Waals surface area contributed by atoms with Gasteiger partial charge in [-0.2, -0.15) is 0 Å². The van der Waals surface area contributed by atoms with E-state index < -0.39 is 0 Å². The number of methoxy groups -OCH3 is 1. The number of amides is 3. The molecule has 0 radical (unpaired) electrons. The van der Waals surface area contributed by atoms with E-state index in [9.17, 15) is 9.59 Å². The molecule has 3 aromatic rings. The van der Waals surface area contributed by atoms with Crippen LogP contribution in [0.4, 0.5) is 9.93 Å². The Bertz CT molecular complexity index is 1150. The van der Waals surface area contributed by atoms with Gasteiger partial charge >= 0.3 is 6.03 Å². The van der Waals surface area contributed by atoms with Crippen LogP contribution in [-0.2, 0) is 4.79 Å². The average molecular weight is 468 g/mol. The van der Waals surface area contributed by atoms with Crippen molar-refractivity contribution >= 4 is 38.6 Å². The summed E-state index contributed by atoms with van der Waals surface area (Å²) in [7, 11) is 1.61. The molecular weight excluding hydrogens is 438 g/mol. The first-order valence-electron chi connectivity index (χ1n) is 11.2. The first-order valence-corrected chi connectivity index (χ1v) is 12.0. The smallest absolute Gasteiger partial charge is 0.321 e. The van der Waals surface area contributed by atoms with Gasteiger partial charge in [-0.15, -0.1) is 0 Å². The van der Waals surface area contributed by atoms with E-state index in [0.29, 0.717) is 35.8 Å². The molecule has 1 aromatic carbocycles. The molecule has 3 heterocycles. The van der Waals surface area contributed by atoms with Crippen molar-refractivity contribution in [3.05, 3.63) is 36.7 Å². The maximum absolute atomic E-state index is 12.5. The average Bonchev–Trinajstić information content (AvgIpc) is 3.45. The Labute approximate surface area is 197 Å². The topological polar surface area (TPSA) is 96.5 Å². The van der Waals surface area contributed by atoms with E-state index >= 15 is 0 Å². The number of thiazole rings is 1. The predicted molar refractivity (Wildman–Crippen MR) is 131 cm³/mol. The summed E-state index contributed by atoms with van der Waals surface area (Å²) in [5.74, 6) is 1.25. The maximum Gasteiger partial charge on any atom is 0.321 e. The fourth-order valence-electron chi connectivity index (χ4n) is 4.21. The van der Waals surface area contributed by atoms with Crippen molar-refractivity contribution in [2.75, 3.05) is 25.5 Å². The molecular formula is C24H29N5O3S. The number of ether oxygens (including phenoxy) is 1. The third-order valence-corrected chi connectivity index (χ3v) is 6.84. The van der Waals surface area contributed by atoms with Crippen molar-refractivity contribution in [2.45, 2.75) is 39.2 Å². The molecule has 2 aromatic heterocycles. The lowest BCUT2D eigenvalue weighted by Crippen LogP contribution is -2.40. The molecule has 1 atom stereocenters. The van der Waals surface area contributed by atoms with Crippen molar-refractivity contribution in [3.8, 4) is 16.9 Å². The van der Waals surface area contributed by atoms with Crippen LogP contribution < -0.4 is 15.4 Å². The van der Waals surface area contributed by atoms with Crippen LogP contribution in [-0.4, -0.2) is 53.0 Å². The van der Waals surface area contributed by atoms with Crippen LogP contribution in [0.1, 0.15) is 33.1 Å². The molecule has 8 nitrogen and oxygen atoms in total. The number of rotatable bonds is 7. The van der Waals surface area contributed by atoms with E-state index in [1.165, 1.54) is 11.3 Å². The molecule has 0 bridgehead atoms. The van der Waals surface area contributed by atoms with Gasteiger partial charge in [-0.25, -0.2) is 9.78 Å². The van der Waals surface area contributed by atoms with Crippen LogP contribution >= 0.6 is 11.3 Å². The Balaban J connectivity index is 1.33. The Morgan fingerprint density at radius 3 is 2.88 bits per heavy atom. The molecule has 1 aliphatic heterocycles. The highest BCUT2D eigenvalue weighted by Gasteiger charge is 2.30. The van der Waals surface area contributed by atoms with Crippen molar-refractivity contribution < 1.29 is 14.3 Å². The Kier molecular flexibility index (Phi) is 7.08. The number of pyridine rings is 1. The molecule has 0 saturated carbocycles. The van der Waals surface area contributed by atoms with Crippen molar-refractivity contribution in [1.29, 1.82) is 0 Å². The first-order chi connectivity index (χ1) is 15.9. The number of likely N-dealkylation sites (tertiary alicyclic amines) is 1. The van der Waals surface area contributed by atoms with Crippen molar-refractivity contribution in [3.63, 3.8) is 0 Å². The molecule has 0 aliphatic carbocycles. The predicted octanol–water partition coefficient (Wildman–Crippen LogP) is 4.53. The third kappa shape index (κ3) is 5.42. The first kappa shape index (κ1) is 23.0. The summed E-state index contributed by atoms with van der Waals surface area (Å²) in [5.41, 5.74) is 2.74. The fraction of sp³-hybridized carbons (Fsp3) is 0.417. The van der Waals surface area contributed by atoms with E-state index in [1.54, 1.807) is 19.5 Å². The number of carbonyl (C=O) groups excluding carboxylic acids is 2. The van der Waals surface area contributed by atoms with E-state index in [1.807, 2.05) is 29.2 Å². The summed E-state index contributed by atoms with van der Waals surface area (Å²) < 4.78 is 6.21. The summed E-state index contributed by atoms with van der Waals surface area (Å²) in [6, 6.07) is 7.79. The highest BCUT2D eigenvalue weighted by atomic mass is 32.1. The van der Waals surface area contributed by atoms with Crippen LogP contribution in [0.3, 0.4) is 0 Å². The molecule has 1 unspecified atom stereocenters. The van der Waals surface area contributed by atoms with Gasteiger partial charge < -0.3 is 15.0 Å². The number of urea groups is 1. The van der Waals surface area contributed by atoms with Gasteiger partial charge in [0, 0.05) is 37.3 Å². The molecule has 174 valence electrons. The largest absolute Gasteiger partial charge is 0.495 e. The van der Waals surface area contributed by atoms with Crippen molar-refractivity contribution in [2.24, 2.45) is 5.92 Å². The number of aromatic nitrogens is 2. The lowest BCUT2D eigenvalue weighted by Gasteiger charge is -2.27. The molecule has 2 N–H and O–H groups in total. The minimum absolute atomic E-state index is 0.103. The zero-order valence-corrected chi connectivity index (χ0v) is 19.9. The fourth-order valence-corrected chi connectivity index (χ4v) is 5.11. The van der Waals surface area contributed by atoms with Gasteiger partial charge in [0.1, 0.15) is 5.75 Å². The second-order valence-corrected chi connectivity index (χ2v) is 9.52. The molecule has 4 rings (SSSR count). The number of anilines is 1. The van der Waals surface area contributed by atoms with Crippen LogP contribution in [0, 0.1) is 5.92 Å². The van der Waals surface area contributed by atoms with Crippen LogP contribution in [0.2, 0.25) is 0 Å². The van der Waals surface area contributed by atoms with Gasteiger partial charge in [0.2, 0.25) is 5.91 Å². The Morgan fingerprint density at radius 1 is 1.24 bits per heavy atom. The van der Waals surface area contributed by atoms with Gasteiger partial charge in [0.15, 0.2) is 5.13 Å². The molecule has 0 spiro atoms. The lowest BCUT2D eigenvalue weighted by atomic mass is 10.0. The van der Waals surface area contributed by atoms with E-state index in [4.69, 9.17) is 4.74 Å². The molecule has 1 aliphatic rings. The van der Waals surface area contributed by atoms with Gasteiger partial charge in [-0.3, -0.25) is 15.1 Å². The molecule has 3 amide bonds. The van der Waals surface area contributed by atoms with Gasteiger partial charge in [-0.05, 0) is 42.5 Å². The maximum atomic E-state index is 12.5. The molecule has 1 fully saturated rings. The summed E-state index contributed by atoms with van der Waals surface area (Å²) in [6.45, 7) is 5.41. The van der Waals surface area contributed by atoms with Gasteiger partial charge in [-0.1, -0.05) is 31.3 Å². The lowest BCUT2D eigenvalue weighted by molar-refractivity contribution is -0.132. The standard InChI is InChI=1S/C24H29N5O3S/c1-15(2)20-5-4-10-29(20)22(30)8-9-26-23(31)28-24-27-19-7-6-16(12-21(19)33-24)17-11-18(32-3)14-25-13-17/h6-7,11-15,20H,4-5,8-10H2,1-3H3,(H2,26,27,28,31). The Hall–Kier alpha value is -3.20. The van der Waals surface area contributed by atoms with E-state index in [0.717, 1.165) is 40.7 Å². The van der Waals surface area contributed by atoms with E-state index in [2.05, 4.69) is 34.4 Å². The SMILES string of the molecule is COc1cncc(-c2ccc3nc(NC(=O)NCCC(=O)N4CCCC4C(C)C)sc3c2)c1. The zero-order chi connectivity index (χ0) is 23.4. The zero-order valence-electron chi connectivity index (χ0n) is 19.1. The Morgan fingerprint density at radius 2 is 2.09 bits per heavy atom. The number of hydrogen-bond acceptors (Lipinski definition) is 6. The number of hydrogen-bond donors (Lipinski definition) is 2. The number of nitrogens with zero attached hydrogens (tertiary/aromatic N) is 3. The van der Waals surface area contributed by atoms with Crippen LogP contribution in [0.15, 0.2) is 36.7 Å². The normalized spacial score (nSPS) is 15.8. The minimum atomic E-state index is -0.360. The monoisotopic (exact) mass is 467 g/mol. The highest BCUT2D eigenvalue weighted by molar-refractivity contribution is 7.22. The minimum Gasteiger partial charge on any atom is -0.495 e. The van der Waals surface area contributed by atoms with Crippen LogP contribution in [0.25, 0.3) is 21.3 Å².